The van der Waals surface area contributed by atoms with Gasteiger partial charge >= 0.3 is 8.25 Å². The van der Waals surface area contributed by atoms with Gasteiger partial charge in [0.2, 0.25) is 0 Å². The number of hydrogen-bond donors (Lipinski definition) is 1. The fourth-order valence-electron chi connectivity index (χ4n) is 1.37. The van der Waals surface area contributed by atoms with Gasteiger partial charge in [-0.2, -0.15) is 0 Å². The molecule has 5 heteroatoms. The Kier molecular flexibility index (Phi) is 4.03. The van der Waals surface area contributed by atoms with Crippen LogP contribution in [-0.2, 0) is 14.5 Å². The van der Waals surface area contributed by atoms with E-state index in [0.717, 1.165) is 0 Å². The van der Waals surface area contributed by atoms with E-state index in [4.69, 9.17) is 9.42 Å². The quantitative estimate of drug-likeness (QED) is 0.651. The molecule has 1 heterocycles. The first-order chi connectivity index (χ1) is 6.92. The van der Waals surface area contributed by atoms with E-state index in [0.29, 0.717) is 5.76 Å². The zero-order valence-corrected chi connectivity index (χ0v) is 10.6. The summed E-state index contributed by atoms with van der Waals surface area (Å²) in [7, 11) is -2.57. The molecule has 0 aromatic carbocycles. The maximum atomic E-state index is 10.5. The highest BCUT2D eigenvalue weighted by Crippen LogP contribution is 2.31. The molecule has 1 atom stereocenters. The molecule has 0 aliphatic carbocycles. The summed E-state index contributed by atoms with van der Waals surface area (Å²) in [6.07, 6.45) is 1.85. The zero-order chi connectivity index (χ0) is 11.5. The van der Waals surface area contributed by atoms with Crippen LogP contribution in [0.1, 0.15) is 25.6 Å². The van der Waals surface area contributed by atoms with Gasteiger partial charge in [-0.3, -0.25) is 0 Å². The lowest BCUT2D eigenvalue weighted by atomic mass is 9.91. The van der Waals surface area contributed by atoms with Crippen LogP contribution >= 0.6 is 19.6 Å². The number of allylic oxidation sites excluding steroid dienone is 2. The minimum absolute atomic E-state index is 0.177. The normalized spacial score (nSPS) is 13.9. The third-order valence-electron chi connectivity index (χ3n) is 1.94. The molecule has 0 bridgehead atoms. The van der Waals surface area contributed by atoms with Crippen molar-refractivity contribution in [3.63, 3.8) is 0 Å². The van der Waals surface area contributed by atoms with Crippen molar-refractivity contribution in [2.75, 3.05) is 0 Å². The van der Waals surface area contributed by atoms with E-state index in [1.54, 1.807) is 18.3 Å². The Hall–Kier alpha value is -0.700. The van der Waals surface area contributed by atoms with Crippen molar-refractivity contribution in [2.45, 2.75) is 26.2 Å². The summed E-state index contributed by atoms with van der Waals surface area (Å²) in [6.45, 7) is 5.76. The molecule has 1 aromatic heterocycles. The summed E-state index contributed by atoms with van der Waals surface area (Å²) >= 11 is 1.66. The van der Waals surface area contributed by atoms with Crippen molar-refractivity contribution in [1.82, 2.24) is 0 Å². The van der Waals surface area contributed by atoms with Crippen LogP contribution in [0.15, 0.2) is 29.3 Å². The van der Waals surface area contributed by atoms with Crippen molar-refractivity contribution < 1.29 is 14.0 Å². The van der Waals surface area contributed by atoms with Crippen LogP contribution in [0, 0.1) is 0 Å². The molecule has 0 aliphatic heterocycles. The lowest BCUT2D eigenvalue weighted by molar-refractivity contribution is 0.349. The van der Waals surface area contributed by atoms with Crippen LogP contribution in [0.2, 0.25) is 0 Å². The van der Waals surface area contributed by atoms with Gasteiger partial charge < -0.3 is 0 Å². The summed E-state index contributed by atoms with van der Waals surface area (Å²) < 4.78 is 15.2. The second kappa shape index (κ2) is 4.88. The monoisotopic (exact) mass is 245 g/mol. The number of thiophene rings is 1. The molecule has 1 aromatic rings. The summed E-state index contributed by atoms with van der Waals surface area (Å²) in [5.41, 5.74) is -0.177. The molecule has 1 rings (SSSR count). The Balaban J connectivity index is 2.83. The van der Waals surface area contributed by atoms with Crippen molar-refractivity contribution in [3.8, 4) is 0 Å². The zero-order valence-electron chi connectivity index (χ0n) is 8.93. The largest absolute Gasteiger partial charge is 0.747 e. The second-order valence-corrected chi connectivity index (χ2v) is 5.39. The first-order valence-electron chi connectivity index (χ1n) is 4.49. The third kappa shape index (κ3) is 3.74. The fraction of sp³-hybridized carbons (Fsp3) is 0.400. The van der Waals surface area contributed by atoms with E-state index in [1.807, 2.05) is 37.4 Å². The summed E-state index contributed by atoms with van der Waals surface area (Å²) in [4.78, 5) is 9.79. The second-order valence-electron chi connectivity index (χ2n) is 3.78. The number of rotatable bonds is 4. The molecule has 3 nitrogen and oxygen atoms in total. The first kappa shape index (κ1) is 12.4. The Morgan fingerprint density at radius 2 is 2.33 bits per heavy atom. The minimum atomic E-state index is -2.57. The Labute approximate surface area is 94.4 Å². The van der Waals surface area contributed by atoms with Gasteiger partial charge in [0.15, 0.2) is 5.76 Å². The molecule has 0 amide bonds. The van der Waals surface area contributed by atoms with Gasteiger partial charge in [0, 0.05) is 14.9 Å². The minimum Gasteiger partial charge on any atom is -0.235 e. The lowest BCUT2D eigenvalue weighted by Crippen LogP contribution is -2.12. The van der Waals surface area contributed by atoms with Gasteiger partial charge in [0.05, 0.1) is 0 Å². The molecule has 0 saturated carbocycles. The Morgan fingerprint density at radius 1 is 1.67 bits per heavy atom. The lowest BCUT2D eigenvalue weighted by Gasteiger charge is -2.18. The van der Waals surface area contributed by atoms with E-state index < -0.39 is 8.25 Å². The average Bonchev–Trinajstić information content (AvgIpc) is 2.51. The Morgan fingerprint density at radius 3 is 2.80 bits per heavy atom. The molecule has 0 fully saturated rings. The van der Waals surface area contributed by atoms with E-state index in [9.17, 15) is 4.57 Å². The van der Waals surface area contributed by atoms with Crippen molar-refractivity contribution in [2.24, 2.45) is 0 Å². The molecule has 82 valence electrons. The van der Waals surface area contributed by atoms with Crippen molar-refractivity contribution >= 4 is 19.6 Å². The van der Waals surface area contributed by atoms with Gasteiger partial charge in [0.1, 0.15) is 0 Å². The van der Waals surface area contributed by atoms with Crippen LogP contribution in [-0.4, -0.2) is 4.89 Å². The summed E-state index contributed by atoms with van der Waals surface area (Å²) in [5, 5.41) is 2.01. The molecular weight excluding hydrogens is 231 g/mol. The molecule has 0 aliphatic rings. The highest BCUT2D eigenvalue weighted by Gasteiger charge is 2.22. The maximum absolute atomic E-state index is 10.5. The summed E-state index contributed by atoms with van der Waals surface area (Å²) in [6, 6.07) is 4.02. The Bertz CT molecular complexity index is 368. The van der Waals surface area contributed by atoms with Gasteiger partial charge in [-0.25, -0.2) is 4.52 Å². The van der Waals surface area contributed by atoms with Gasteiger partial charge in [-0.1, -0.05) is 19.9 Å². The van der Waals surface area contributed by atoms with Gasteiger partial charge in [-0.15, -0.1) is 16.2 Å². The third-order valence-corrected chi connectivity index (χ3v) is 3.60. The van der Waals surface area contributed by atoms with E-state index in [2.05, 4.69) is 0 Å². The van der Waals surface area contributed by atoms with Gasteiger partial charge in [0.25, 0.3) is 0 Å². The van der Waals surface area contributed by atoms with Crippen LogP contribution < -0.4 is 0 Å². The molecule has 0 radical (unpaired) electrons. The summed E-state index contributed by atoms with van der Waals surface area (Å²) in [5.74, 6) is 0.469. The van der Waals surface area contributed by atoms with Crippen molar-refractivity contribution in [1.29, 1.82) is 0 Å². The van der Waals surface area contributed by atoms with Gasteiger partial charge in [-0.05, 0) is 24.4 Å². The smallest absolute Gasteiger partial charge is 0.235 e. The van der Waals surface area contributed by atoms with Crippen molar-refractivity contribution in [3.05, 3.63) is 34.2 Å². The standard InChI is InChI=1S/C10H13O3PS/c1-8(13-14(11)12)7-10(2,3)9-5-4-6-15-9/h4-7H,1-3H3/p+1/b8-7-. The SMILES string of the molecule is C/C(=C/C(C)(C)c1cccs1)O[P+](=O)O. The van der Waals surface area contributed by atoms with Crippen LogP contribution in [0.25, 0.3) is 0 Å². The van der Waals surface area contributed by atoms with E-state index in [-0.39, 0.29) is 5.41 Å². The maximum Gasteiger partial charge on any atom is 0.747 e. The fourth-order valence-corrected chi connectivity index (χ4v) is 2.50. The predicted octanol–water partition coefficient (Wildman–Crippen LogP) is 3.60. The molecule has 1 N–H and O–H groups in total. The van der Waals surface area contributed by atoms with Crippen LogP contribution in [0.4, 0.5) is 0 Å². The highest BCUT2D eigenvalue weighted by atomic mass is 32.1. The topological polar surface area (TPSA) is 46.5 Å². The van der Waals surface area contributed by atoms with E-state index in [1.165, 1.54) is 4.88 Å². The first-order valence-corrected chi connectivity index (χ1v) is 6.50. The van der Waals surface area contributed by atoms with Crippen LogP contribution in [0.3, 0.4) is 0 Å². The van der Waals surface area contributed by atoms with E-state index >= 15 is 0 Å². The molecule has 0 saturated heterocycles. The average molecular weight is 245 g/mol. The highest BCUT2D eigenvalue weighted by molar-refractivity contribution is 7.32. The molecular formula is C10H14O3PS+. The molecule has 0 spiro atoms. The predicted molar refractivity (Wildman–Crippen MR) is 62.0 cm³/mol. The molecule has 15 heavy (non-hydrogen) atoms. The molecule has 1 unspecified atom stereocenters. The number of hydrogen-bond acceptors (Lipinski definition) is 3. The van der Waals surface area contributed by atoms with Crippen LogP contribution in [0.5, 0.6) is 0 Å².